The summed E-state index contributed by atoms with van der Waals surface area (Å²) in [7, 11) is 0. The molecule has 0 aliphatic carbocycles. The van der Waals surface area contributed by atoms with Crippen LogP contribution in [0.2, 0.25) is 0 Å². The Balaban J connectivity index is 0.678. The molecule has 51 heteroatoms. The number of aliphatic hydroxyl groups is 32. The molecule has 10 saturated heterocycles. The van der Waals surface area contributed by atoms with Gasteiger partial charge in [0.05, 0.1) is 66.1 Å². The van der Waals surface area contributed by atoms with Crippen molar-refractivity contribution >= 4 is 0 Å². The molecule has 10 aliphatic heterocycles. The average molecular weight is 1640 g/mol. The average Bonchev–Trinajstić information content (AvgIpc) is 0.802. The summed E-state index contributed by atoms with van der Waals surface area (Å²) in [6.45, 7) is -8.49. The predicted octanol–water partition coefficient (Wildman–Crippen LogP) is -22.8. The summed E-state index contributed by atoms with van der Waals surface area (Å²) < 4.78 is 105. The van der Waals surface area contributed by atoms with Gasteiger partial charge in [0, 0.05) is 0 Å². The highest BCUT2D eigenvalue weighted by atomic mass is 16.8. The summed E-state index contributed by atoms with van der Waals surface area (Å²) >= 11 is 0. The Morgan fingerprint density at radius 3 is 0.396 bits per heavy atom. The van der Waals surface area contributed by atoms with Crippen LogP contribution in [0.15, 0.2) is 0 Å². The molecule has 0 bridgehead atoms. The predicted molar refractivity (Wildman–Crippen MR) is 330 cm³/mol. The summed E-state index contributed by atoms with van der Waals surface area (Å²) in [4.78, 5) is 0. The van der Waals surface area contributed by atoms with Gasteiger partial charge in [-0.3, -0.25) is 0 Å². The molecule has 0 spiro atoms. The fraction of sp³-hybridized carbons (Fsp3) is 1.00. The summed E-state index contributed by atoms with van der Waals surface area (Å²) in [5, 5.41) is 340. The van der Waals surface area contributed by atoms with Gasteiger partial charge in [0.1, 0.15) is 244 Å². The SMILES string of the molecule is OC[C@H]1O[C@H](OC[C@H]2O[C@H](OC[C@H]3O[C@H](OC[C@H]4O[C@H](OC[C@H]5O[C@H](OC[C@H]6O[C@H](OC[C@H]7O[C@H](OC[C@H]8O[C@H](OC[C@H]9O[C@H](OC[C@H]%10O[C@H](O)[C@H](O)[C@@H](O)[C@@H]%10O)[C@H](O)[C@@H](O)[C@@H]9O)[C@H](O)[C@@H](O)[C@@H]8O)[C@H](O)[C@@H](O)[C@@H]7O)[C@H](O)[C@@H](O)[C@@H]6O)[C@H](O)[C@@H](O)[C@@H]5O)[C@H](O)[C@@H](O)[C@@H]4O)[C@H](O)[C@@H](O)[C@@H]3O)[C@H](O)[C@@H](O)[C@@H]2O)[C@H](O)[C@@H](O)[C@@H]1O. The zero-order chi connectivity index (χ0) is 81.4. The second kappa shape index (κ2) is 39.4. The number of rotatable bonds is 28. The molecule has 0 aromatic carbocycles. The van der Waals surface area contributed by atoms with Crippen LogP contribution in [0.5, 0.6) is 0 Å². The maximum absolute atomic E-state index is 11.0. The maximum atomic E-state index is 11.0. The van der Waals surface area contributed by atoms with Crippen molar-refractivity contribution < 1.29 is 253 Å². The Morgan fingerprint density at radius 2 is 0.252 bits per heavy atom. The number of aliphatic hydroxyl groups excluding tert-OH is 32. The van der Waals surface area contributed by atoms with E-state index in [0.717, 1.165) is 0 Å². The van der Waals surface area contributed by atoms with Gasteiger partial charge in [-0.15, -0.1) is 0 Å². The zero-order valence-corrected chi connectivity index (χ0v) is 58.0. The molecule has 10 rings (SSSR count). The molecule has 50 atom stereocenters. The third-order valence-electron chi connectivity index (χ3n) is 20.7. The van der Waals surface area contributed by atoms with Gasteiger partial charge in [-0.05, 0) is 0 Å². The lowest BCUT2D eigenvalue weighted by molar-refractivity contribution is -0.355. The first-order valence-corrected chi connectivity index (χ1v) is 35.2. The second-order valence-electron chi connectivity index (χ2n) is 28.4. The lowest BCUT2D eigenvalue weighted by Crippen LogP contribution is -2.64. The van der Waals surface area contributed by atoms with E-state index in [1.807, 2.05) is 0 Å². The third kappa shape index (κ3) is 20.2. The fourth-order valence-corrected chi connectivity index (χ4v) is 13.5. The molecule has 0 unspecified atom stereocenters. The van der Waals surface area contributed by atoms with E-state index in [1.165, 1.54) is 0 Å². The Kier molecular flexibility index (Phi) is 32.4. The minimum Gasteiger partial charge on any atom is -0.394 e. The molecule has 10 aliphatic rings. The van der Waals surface area contributed by atoms with Crippen LogP contribution in [0, 0.1) is 0 Å². The topological polar surface area (TPSA) is 823 Å². The monoisotopic (exact) mass is 1640 g/mol. The van der Waals surface area contributed by atoms with Crippen LogP contribution in [0.3, 0.4) is 0 Å². The first kappa shape index (κ1) is 91.3. The summed E-state index contributed by atoms with van der Waals surface area (Å²) in [6, 6.07) is 0. The van der Waals surface area contributed by atoms with Gasteiger partial charge < -0.3 is 253 Å². The van der Waals surface area contributed by atoms with Crippen LogP contribution in [-0.4, -0.2) is 537 Å². The van der Waals surface area contributed by atoms with Gasteiger partial charge in [-0.1, -0.05) is 0 Å². The molecule has 0 aromatic rings. The van der Waals surface area contributed by atoms with E-state index >= 15 is 0 Å². The Bertz CT molecular complexity index is 2770. The van der Waals surface area contributed by atoms with Gasteiger partial charge in [0.2, 0.25) is 0 Å². The van der Waals surface area contributed by atoms with E-state index in [9.17, 15) is 163 Å². The van der Waals surface area contributed by atoms with Crippen LogP contribution in [0.1, 0.15) is 0 Å². The highest BCUT2D eigenvalue weighted by Crippen LogP contribution is 2.35. The highest BCUT2D eigenvalue weighted by molar-refractivity contribution is 5.00. The van der Waals surface area contributed by atoms with Crippen LogP contribution < -0.4 is 0 Å². The van der Waals surface area contributed by atoms with E-state index < -0.39 is 373 Å². The fourth-order valence-electron chi connectivity index (χ4n) is 13.5. The first-order valence-electron chi connectivity index (χ1n) is 35.2. The van der Waals surface area contributed by atoms with Crippen molar-refractivity contribution in [3.63, 3.8) is 0 Å². The normalized spacial score (nSPS) is 53.7. The van der Waals surface area contributed by atoms with Crippen molar-refractivity contribution in [1.29, 1.82) is 0 Å². The van der Waals surface area contributed by atoms with Gasteiger partial charge in [-0.2, -0.15) is 0 Å². The van der Waals surface area contributed by atoms with Gasteiger partial charge in [0.15, 0.2) is 62.9 Å². The molecule has 0 aromatic heterocycles. The van der Waals surface area contributed by atoms with Crippen LogP contribution in [-0.2, 0) is 90.0 Å². The molecule has 51 nitrogen and oxygen atoms in total. The first-order chi connectivity index (χ1) is 52.4. The quantitative estimate of drug-likeness (QED) is 0.0346. The summed E-state index contributed by atoms with van der Waals surface area (Å²) in [6.07, 6.45) is -96.1. The molecular weight excluding hydrogens is 1540 g/mol. The van der Waals surface area contributed by atoms with Gasteiger partial charge >= 0.3 is 0 Å². The van der Waals surface area contributed by atoms with Crippen molar-refractivity contribution in [2.45, 2.75) is 307 Å². The van der Waals surface area contributed by atoms with E-state index in [-0.39, 0.29) is 0 Å². The van der Waals surface area contributed by atoms with Crippen molar-refractivity contribution in [3.8, 4) is 0 Å². The summed E-state index contributed by atoms with van der Waals surface area (Å²) in [5.74, 6) is 0. The van der Waals surface area contributed by atoms with Crippen LogP contribution in [0.25, 0.3) is 0 Å². The number of hydrogen-bond acceptors (Lipinski definition) is 51. The lowest BCUT2D eigenvalue weighted by Gasteiger charge is -2.45. The smallest absolute Gasteiger partial charge is 0.186 e. The van der Waals surface area contributed by atoms with Crippen molar-refractivity contribution in [1.82, 2.24) is 0 Å². The molecular formula is C60H102O51. The second-order valence-corrected chi connectivity index (χ2v) is 28.4. The van der Waals surface area contributed by atoms with Crippen LogP contribution in [0.4, 0.5) is 0 Å². The molecule has 0 saturated carbocycles. The molecule has 10 fully saturated rings. The molecule has 111 heavy (non-hydrogen) atoms. The van der Waals surface area contributed by atoms with E-state index in [4.69, 9.17) is 90.0 Å². The lowest BCUT2D eigenvalue weighted by atomic mass is 9.97. The third-order valence-corrected chi connectivity index (χ3v) is 20.7. The van der Waals surface area contributed by atoms with E-state index in [1.54, 1.807) is 0 Å². The van der Waals surface area contributed by atoms with Gasteiger partial charge in [-0.25, -0.2) is 0 Å². The van der Waals surface area contributed by atoms with Crippen molar-refractivity contribution in [3.05, 3.63) is 0 Å². The highest BCUT2D eigenvalue weighted by Gasteiger charge is 2.56. The maximum Gasteiger partial charge on any atom is 0.186 e. The van der Waals surface area contributed by atoms with Crippen LogP contribution >= 0.6 is 0 Å². The molecule has 648 valence electrons. The van der Waals surface area contributed by atoms with E-state index in [0.29, 0.717) is 0 Å². The molecule has 0 amide bonds. The Labute approximate surface area is 625 Å². The minimum absolute atomic E-state index is 0.738. The Hall–Kier alpha value is -2.04. The number of hydrogen-bond donors (Lipinski definition) is 32. The van der Waals surface area contributed by atoms with Gasteiger partial charge in [0.25, 0.3) is 0 Å². The molecule has 0 radical (unpaired) electrons. The Morgan fingerprint density at radius 1 is 0.135 bits per heavy atom. The van der Waals surface area contributed by atoms with Crippen molar-refractivity contribution in [2.24, 2.45) is 0 Å². The minimum atomic E-state index is -2.14. The number of ether oxygens (including phenoxy) is 19. The molecule has 32 N–H and O–H groups in total. The van der Waals surface area contributed by atoms with E-state index in [2.05, 4.69) is 0 Å². The molecule has 10 heterocycles. The largest absolute Gasteiger partial charge is 0.394 e. The standard InChI is InChI=1S/C60H102O51/c61-1-11-21(62)32(73)42(83)52(103-11)94-3-13-23(64)34(75)44(85)54(105-13)96-5-15-25(66)36(77)46(87)56(107-15)98-7-17-27(68)38(79)48(89)58(109-17)100-9-19-29(70)40(81)50(91)60(111-19)101-10-20-30(71)39(80)49(90)59(110-20)99-8-18-28(69)37(78)47(88)57(108-18)97-6-16-26(67)35(76)45(86)55(106-16)95-4-14-24(65)33(74)43(84)53(104-14)93-2-12-22(63)31(72)41(82)51(92)102-12/h11-92H,1-10H2/t11-,12-,13-,14-,15-,16-,17-,18-,19-,20-,21-,22-,23-,24-,25-,26-,27-,28-,29-,30-,31+,32+,33+,34+,35+,36+,37+,38+,39+,40+,41-,42-,43-,44-,45-,46-,47-,48-,49-,50-,51+,52+,53+,54+,55+,56+,57+,58+,59+,60+/m1/s1. The summed E-state index contributed by atoms with van der Waals surface area (Å²) in [5.41, 5.74) is 0. The van der Waals surface area contributed by atoms with Crippen molar-refractivity contribution in [2.75, 3.05) is 66.1 Å². The zero-order valence-electron chi connectivity index (χ0n) is 58.0.